The van der Waals surface area contributed by atoms with E-state index < -0.39 is 41.1 Å². The van der Waals surface area contributed by atoms with E-state index in [1.807, 2.05) is 0 Å². The third-order valence-electron chi connectivity index (χ3n) is 1.76. The summed E-state index contributed by atoms with van der Waals surface area (Å²) in [5.41, 5.74) is 0. The zero-order valence-corrected chi connectivity index (χ0v) is 16.4. The molecule has 1 aliphatic rings. The van der Waals surface area contributed by atoms with Crippen molar-refractivity contribution in [2.24, 2.45) is 0 Å². The summed E-state index contributed by atoms with van der Waals surface area (Å²) in [4.78, 5) is 0. The Bertz CT molecular complexity index is 529. The fraction of sp³-hybridized carbons (Fsp3) is 1.00. The van der Waals surface area contributed by atoms with Crippen molar-refractivity contribution in [2.45, 2.75) is 6.55 Å². The van der Waals surface area contributed by atoms with E-state index in [0.29, 0.717) is 0 Å². The molecule has 17 heteroatoms. The third kappa shape index (κ3) is 5.15. The Morgan fingerprint density at radius 3 is 1.67 bits per heavy atom. The van der Waals surface area contributed by atoms with E-state index in [9.17, 15) is 18.3 Å². The van der Waals surface area contributed by atoms with Crippen molar-refractivity contribution in [3.05, 3.63) is 0 Å². The number of hydrogen-bond donors (Lipinski definition) is 0. The number of rotatable bonds is 7. The van der Waals surface area contributed by atoms with E-state index in [1.54, 1.807) is 6.55 Å². The smallest absolute Gasteiger partial charge is 0.337 e. The highest BCUT2D eigenvalue weighted by atomic mass is 31.3. The van der Waals surface area contributed by atoms with Crippen LogP contribution in [0.4, 0.5) is 0 Å². The molecular weight excluding hydrogens is 392 g/mol. The second-order valence-electron chi connectivity index (χ2n) is 3.08. The second-order valence-corrected chi connectivity index (χ2v) is 12.0. The van der Waals surface area contributed by atoms with Gasteiger partial charge >= 0.3 is 31.3 Å². The molecule has 0 N–H and O–H groups in total. The lowest BCUT2D eigenvalue weighted by Crippen LogP contribution is -2.09. The summed E-state index contributed by atoms with van der Waals surface area (Å²) in [6.07, 6.45) is 0. The molecule has 0 saturated carbocycles. The van der Waals surface area contributed by atoms with E-state index in [1.165, 1.54) is 0 Å². The Labute approximate surface area is 123 Å². The molecule has 0 aromatic carbocycles. The molecule has 21 heavy (non-hydrogen) atoms. The van der Waals surface area contributed by atoms with E-state index in [0.717, 1.165) is 21.3 Å². The molecule has 1 fully saturated rings. The van der Waals surface area contributed by atoms with Crippen LogP contribution in [0.15, 0.2) is 0 Å². The summed E-state index contributed by atoms with van der Waals surface area (Å²) < 4.78 is 83.7. The number of phosphoric acid groups is 4. The molecule has 0 bridgehead atoms. The van der Waals surface area contributed by atoms with Crippen LogP contribution in [-0.2, 0) is 53.3 Å². The van der Waals surface area contributed by atoms with Gasteiger partial charge in [-0.15, -0.1) is 0 Å². The van der Waals surface area contributed by atoms with Crippen LogP contribution in [0.5, 0.6) is 0 Å². The summed E-state index contributed by atoms with van der Waals surface area (Å²) in [7, 11) is -17.1. The van der Waals surface area contributed by atoms with E-state index in [2.05, 4.69) is 30.8 Å². The van der Waals surface area contributed by atoms with Gasteiger partial charge in [0.15, 0.2) is 9.76 Å². The monoisotopic (exact) mass is 406 g/mol. The van der Waals surface area contributed by atoms with Gasteiger partial charge in [-0.3, -0.25) is 13.6 Å². The molecule has 0 aliphatic carbocycles. The van der Waals surface area contributed by atoms with Crippen molar-refractivity contribution in [1.82, 2.24) is 0 Å². The molecule has 12 nitrogen and oxygen atoms in total. The normalized spacial score (nSPS) is 40.4. The molecule has 1 heterocycles. The predicted molar refractivity (Wildman–Crippen MR) is 71.3 cm³/mol. The molecule has 1 aliphatic heterocycles. The number of hydrogen-bond acceptors (Lipinski definition) is 12. The lowest BCUT2D eigenvalue weighted by Gasteiger charge is -2.30. The average Bonchev–Trinajstić information content (AvgIpc) is 2.37. The first-order chi connectivity index (χ1) is 9.57. The fourth-order valence-corrected chi connectivity index (χ4v) is 10.5. The summed E-state index contributed by atoms with van der Waals surface area (Å²) in [6, 6.07) is 0. The van der Waals surface area contributed by atoms with E-state index >= 15 is 0 Å². The van der Waals surface area contributed by atoms with Gasteiger partial charge in [0, 0.05) is 21.3 Å². The maximum Gasteiger partial charge on any atom is 0.501 e. The van der Waals surface area contributed by atoms with Crippen LogP contribution in [0, 0.1) is 0 Å². The first-order valence-electron chi connectivity index (χ1n) is 5.14. The molecule has 0 amide bonds. The van der Waals surface area contributed by atoms with Gasteiger partial charge in [-0.1, -0.05) is 6.55 Å². The van der Waals surface area contributed by atoms with Crippen molar-refractivity contribution in [3.63, 3.8) is 0 Å². The van der Waals surface area contributed by atoms with Crippen molar-refractivity contribution in [3.8, 4) is 0 Å². The molecule has 3 atom stereocenters. The lowest BCUT2D eigenvalue weighted by atomic mass is 11.8. The van der Waals surface area contributed by atoms with Crippen LogP contribution in [0.1, 0.15) is 0 Å². The highest BCUT2D eigenvalue weighted by Gasteiger charge is 2.59. The molecule has 1 saturated heterocycles. The topological polar surface area (TPSA) is 142 Å². The summed E-state index contributed by atoms with van der Waals surface area (Å²) >= 11 is 0. The zero-order valence-electron chi connectivity index (χ0n) is 11.4. The minimum absolute atomic E-state index is 0.863. The largest absolute Gasteiger partial charge is 0.501 e. The third-order valence-corrected chi connectivity index (χ3v) is 11.8. The second kappa shape index (κ2) is 7.15. The molecular formula is C4H14O12P4Si. The molecule has 126 valence electrons. The SMILES string of the molecule is COP(=O)(O[SiH2]C)OP1(=O)OP(=O)(OC)OP(=O)(OC)O1. The highest BCUT2D eigenvalue weighted by Crippen LogP contribution is 2.85. The first-order valence-corrected chi connectivity index (χ1v) is 13.0. The molecule has 0 radical (unpaired) electrons. The Morgan fingerprint density at radius 1 is 0.905 bits per heavy atom. The van der Waals surface area contributed by atoms with Crippen LogP contribution in [-0.4, -0.2) is 31.1 Å². The van der Waals surface area contributed by atoms with Crippen molar-refractivity contribution < 1.29 is 53.3 Å². The van der Waals surface area contributed by atoms with Gasteiger partial charge in [-0.2, -0.15) is 17.2 Å². The lowest BCUT2D eigenvalue weighted by molar-refractivity contribution is 0.134. The van der Waals surface area contributed by atoms with Gasteiger partial charge in [0.05, 0.1) is 0 Å². The Hall–Kier alpha value is 0.817. The standard InChI is InChI=1S/C4H14O12P4Si/c1-9-17(5)12-18(6,10-2)14-20(8,13-17)15-19(7,11-3)16-21-4/h21H2,1-4H3. The minimum atomic E-state index is -4.95. The van der Waals surface area contributed by atoms with Crippen LogP contribution in [0.3, 0.4) is 0 Å². The van der Waals surface area contributed by atoms with Gasteiger partial charge in [-0.25, -0.2) is 18.3 Å². The molecule has 1 rings (SSSR count). The van der Waals surface area contributed by atoms with Crippen molar-refractivity contribution in [1.29, 1.82) is 0 Å². The average molecular weight is 406 g/mol. The molecule has 3 unspecified atom stereocenters. The van der Waals surface area contributed by atoms with Gasteiger partial charge in [-0.05, 0) is 0 Å². The zero-order chi connectivity index (χ0) is 16.4. The fourth-order valence-electron chi connectivity index (χ4n) is 0.965. The van der Waals surface area contributed by atoms with Gasteiger partial charge in [0.25, 0.3) is 0 Å². The summed E-state index contributed by atoms with van der Waals surface area (Å²) in [5, 5.41) is 0. The van der Waals surface area contributed by atoms with Crippen LogP contribution >= 0.6 is 31.3 Å². The van der Waals surface area contributed by atoms with Crippen LogP contribution in [0.2, 0.25) is 6.55 Å². The van der Waals surface area contributed by atoms with E-state index in [4.69, 9.17) is 4.21 Å². The first kappa shape index (κ1) is 19.9. The van der Waals surface area contributed by atoms with E-state index in [-0.39, 0.29) is 0 Å². The van der Waals surface area contributed by atoms with Crippen LogP contribution < -0.4 is 0 Å². The van der Waals surface area contributed by atoms with Crippen molar-refractivity contribution in [2.75, 3.05) is 21.3 Å². The van der Waals surface area contributed by atoms with Gasteiger partial charge in [0.1, 0.15) is 0 Å². The molecule has 0 spiro atoms. The summed E-state index contributed by atoms with van der Waals surface area (Å²) in [5.74, 6) is 0. The minimum Gasteiger partial charge on any atom is -0.337 e. The van der Waals surface area contributed by atoms with Gasteiger partial charge in [0.2, 0.25) is 0 Å². The maximum absolute atomic E-state index is 12.3. The van der Waals surface area contributed by atoms with Crippen LogP contribution in [0.25, 0.3) is 0 Å². The predicted octanol–water partition coefficient (Wildman–Crippen LogP) is 2.59. The van der Waals surface area contributed by atoms with Crippen molar-refractivity contribution >= 4 is 41.1 Å². The highest BCUT2D eigenvalue weighted by molar-refractivity contribution is 7.77. The summed E-state index contributed by atoms with van der Waals surface area (Å²) in [6.45, 7) is 1.58. The molecule has 0 aromatic heterocycles. The Morgan fingerprint density at radius 2 is 1.33 bits per heavy atom. The maximum atomic E-state index is 12.3. The Balaban J connectivity index is 3.14. The quantitative estimate of drug-likeness (QED) is 0.453. The molecule has 0 aromatic rings. The van der Waals surface area contributed by atoms with Gasteiger partial charge < -0.3 is 4.21 Å². The Kier molecular flexibility index (Phi) is 6.76.